The van der Waals surface area contributed by atoms with Gasteiger partial charge in [-0.15, -0.1) is 0 Å². The molecule has 1 aromatic rings. The summed E-state index contributed by atoms with van der Waals surface area (Å²) in [5.74, 6) is 2.96. The lowest BCUT2D eigenvalue weighted by Crippen LogP contribution is -2.50. The molecule has 5 heteroatoms. The molecule has 0 aromatic carbocycles. The van der Waals surface area contributed by atoms with Crippen molar-refractivity contribution in [2.75, 3.05) is 11.5 Å². The number of carbonyl (C=O) groups is 1. The molecule has 5 rings (SSSR count). The number of nitrogen functional groups attached to an aromatic ring is 2. The Hall–Kier alpha value is -1.52. The summed E-state index contributed by atoms with van der Waals surface area (Å²) in [6.45, 7) is 0. The van der Waals surface area contributed by atoms with Gasteiger partial charge in [0.25, 0.3) is 0 Å². The Labute approximate surface area is 112 Å². The summed E-state index contributed by atoms with van der Waals surface area (Å²) < 4.78 is 0. The largest absolute Gasteiger partial charge is 0.383 e. The van der Waals surface area contributed by atoms with E-state index in [1.165, 1.54) is 19.3 Å². The molecule has 4 aliphatic rings. The molecule has 19 heavy (non-hydrogen) atoms. The quantitative estimate of drug-likeness (QED) is 0.708. The van der Waals surface area contributed by atoms with Gasteiger partial charge in [0.15, 0.2) is 11.6 Å². The number of Topliss-reactive ketones (excluding diaryl/α,β-unsaturated/α-hetero) is 1. The molecule has 4 aliphatic carbocycles. The summed E-state index contributed by atoms with van der Waals surface area (Å²) in [6, 6.07) is 0. The zero-order valence-electron chi connectivity index (χ0n) is 11.0. The summed E-state index contributed by atoms with van der Waals surface area (Å²) in [5.41, 5.74) is 11.9. The van der Waals surface area contributed by atoms with Crippen LogP contribution < -0.4 is 11.5 Å². The average Bonchev–Trinajstić information content (AvgIpc) is 2.66. The minimum absolute atomic E-state index is 0.148. The molecule has 4 saturated carbocycles. The van der Waals surface area contributed by atoms with Crippen LogP contribution in [0.5, 0.6) is 0 Å². The van der Waals surface area contributed by atoms with Crippen molar-refractivity contribution in [1.82, 2.24) is 10.2 Å². The number of hydrogen-bond acceptors (Lipinski definition) is 4. The van der Waals surface area contributed by atoms with E-state index in [9.17, 15) is 4.79 Å². The van der Waals surface area contributed by atoms with Crippen molar-refractivity contribution in [3.05, 3.63) is 5.56 Å². The van der Waals surface area contributed by atoms with E-state index in [0.29, 0.717) is 11.4 Å². The van der Waals surface area contributed by atoms with E-state index < -0.39 is 0 Å². The Kier molecular flexibility index (Phi) is 2.10. The van der Waals surface area contributed by atoms with Gasteiger partial charge in [0.1, 0.15) is 11.4 Å². The first-order valence-electron chi connectivity index (χ1n) is 7.21. The van der Waals surface area contributed by atoms with Crippen LogP contribution in [0.4, 0.5) is 11.6 Å². The highest BCUT2D eigenvalue weighted by Gasteiger charge is 2.55. The number of aromatic nitrogens is 2. The van der Waals surface area contributed by atoms with Crippen molar-refractivity contribution in [2.24, 2.45) is 23.2 Å². The lowest BCUT2D eigenvalue weighted by Gasteiger charge is -2.55. The van der Waals surface area contributed by atoms with Gasteiger partial charge in [0.2, 0.25) is 0 Å². The van der Waals surface area contributed by atoms with Crippen LogP contribution in [0.1, 0.15) is 48.9 Å². The van der Waals surface area contributed by atoms with E-state index in [1.54, 1.807) is 0 Å². The van der Waals surface area contributed by atoms with Gasteiger partial charge < -0.3 is 11.5 Å². The normalized spacial score (nSPS) is 39.7. The monoisotopic (exact) mass is 260 g/mol. The zero-order valence-corrected chi connectivity index (χ0v) is 11.0. The van der Waals surface area contributed by atoms with Gasteiger partial charge in [-0.2, -0.15) is 5.10 Å². The molecular formula is C14H20N4O. The van der Waals surface area contributed by atoms with Crippen molar-refractivity contribution in [2.45, 2.75) is 38.5 Å². The summed E-state index contributed by atoms with van der Waals surface area (Å²) >= 11 is 0. The summed E-state index contributed by atoms with van der Waals surface area (Å²) in [4.78, 5) is 13.0. The Bertz CT molecular complexity index is 493. The third-order valence-corrected chi connectivity index (χ3v) is 5.57. The molecule has 102 valence electrons. The van der Waals surface area contributed by atoms with Crippen LogP contribution in [-0.4, -0.2) is 16.0 Å². The van der Waals surface area contributed by atoms with Gasteiger partial charge in [-0.05, 0) is 56.3 Å². The number of nitrogens with one attached hydrogen (secondary N) is 1. The first kappa shape index (κ1) is 11.3. The number of H-pyrrole nitrogens is 1. The Morgan fingerprint density at radius 2 is 1.63 bits per heavy atom. The van der Waals surface area contributed by atoms with Crippen LogP contribution in [0.2, 0.25) is 0 Å². The molecule has 4 bridgehead atoms. The second-order valence-electron chi connectivity index (χ2n) is 6.92. The molecule has 0 spiro atoms. The predicted octanol–water partition coefficient (Wildman–Crippen LogP) is 1.97. The fourth-order valence-electron chi connectivity index (χ4n) is 5.26. The van der Waals surface area contributed by atoms with Crippen molar-refractivity contribution >= 4 is 17.4 Å². The number of nitrogens with zero attached hydrogens (tertiary/aromatic N) is 1. The second-order valence-corrected chi connectivity index (χ2v) is 6.92. The lowest BCUT2D eigenvalue weighted by molar-refractivity contribution is -0.0352. The van der Waals surface area contributed by atoms with Gasteiger partial charge in [-0.1, -0.05) is 0 Å². The van der Waals surface area contributed by atoms with E-state index in [1.807, 2.05) is 0 Å². The summed E-state index contributed by atoms with van der Waals surface area (Å²) in [6.07, 6.45) is 7.06. The molecule has 0 saturated heterocycles. The zero-order chi connectivity index (χ0) is 13.2. The number of nitrogens with two attached hydrogens (primary N) is 2. The fourth-order valence-corrected chi connectivity index (χ4v) is 5.26. The van der Waals surface area contributed by atoms with Crippen molar-refractivity contribution in [3.63, 3.8) is 0 Å². The molecule has 0 atom stereocenters. The standard InChI is InChI=1S/C14H20N4O/c15-12-10(13(16)18-17-12)11(19)14-4-7-1-8(5-14)3-9(2-7)6-14/h7-9H,1-6H2,(H5,15,16,17,18). The van der Waals surface area contributed by atoms with Gasteiger partial charge in [-0.3, -0.25) is 9.89 Å². The van der Waals surface area contributed by atoms with Crippen LogP contribution in [0.25, 0.3) is 0 Å². The van der Waals surface area contributed by atoms with Crippen molar-refractivity contribution in [1.29, 1.82) is 0 Å². The molecule has 0 radical (unpaired) electrons. The third-order valence-electron chi connectivity index (χ3n) is 5.57. The number of hydrogen-bond donors (Lipinski definition) is 3. The Morgan fingerprint density at radius 1 is 1.11 bits per heavy atom. The third kappa shape index (κ3) is 1.47. The highest BCUT2D eigenvalue weighted by Crippen LogP contribution is 2.61. The number of aromatic amines is 1. The van der Waals surface area contributed by atoms with E-state index in [4.69, 9.17) is 11.5 Å². The number of ketones is 1. The lowest BCUT2D eigenvalue weighted by atomic mass is 9.48. The molecule has 4 fully saturated rings. The first-order valence-corrected chi connectivity index (χ1v) is 7.21. The van der Waals surface area contributed by atoms with E-state index in [0.717, 1.165) is 37.0 Å². The maximum atomic E-state index is 13.0. The highest BCUT2D eigenvalue weighted by molar-refractivity contribution is 6.07. The molecule has 0 unspecified atom stereocenters. The Morgan fingerprint density at radius 3 is 2.05 bits per heavy atom. The molecule has 1 heterocycles. The maximum Gasteiger partial charge on any atom is 0.176 e. The number of carbonyl (C=O) groups excluding carboxylic acids is 1. The molecule has 5 N–H and O–H groups in total. The topological polar surface area (TPSA) is 97.8 Å². The first-order chi connectivity index (χ1) is 9.07. The molecule has 5 nitrogen and oxygen atoms in total. The minimum atomic E-state index is -0.194. The van der Waals surface area contributed by atoms with Crippen LogP contribution in [0.15, 0.2) is 0 Å². The summed E-state index contributed by atoms with van der Waals surface area (Å²) in [7, 11) is 0. The SMILES string of the molecule is Nc1n[nH]c(N)c1C(=O)C12CC3CC(CC(C3)C1)C2. The Balaban J connectivity index is 1.74. The van der Waals surface area contributed by atoms with Crippen LogP contribution in [0, 0.1) is 23.2 Å². The van der Waals surface area contributed by atoms with Gasteiger partial charge in [-0.25, -0.2) is 0 Å². The van der Waals surface area contributed by atoms with E-state index in [2.05, 4.69) is 10.2 Å². The van der Waals surface area contributed by atoms with Crippen LogP contribution >= 0.6 is 0 Å². The second kappa shape index (κ2) is 3.52. The number of anilines is 2. The molecule has 0 amide bonds. The van der Waals surface area contributed by atoms with Crippen LogP contribution in [-0.2, 0) is 0 Å². The minimum Gasteiger partial charge on any atom is -0.383 e. The van der Waals surface area contributed by atoms with E-state index in [-0.39, 0.29) is 17.0 Å². The van der Waals surface area contributed by atoms with Crippen molar-refractivity contribution < 1.29 is 4.79 Å². The molecule has 1 aromatic heterocycles. The van der Waals surface area contributed by atoms with Crippen molar-refractivity contribution in [3.8, 4) is 0 Å². The number of rotatable bonds is 2. The smallest absolute Gasteiger partial charge is 0.176 e. The van der Waals surface area contributed by atoms with E-state index >= 15 is 0 Å². The van der Waals surface area contributed by atoms with Gasteiger partial charge in [0.05, 0.1) is 0 Å². The fraction of sp³-hybridized carbons (Fsp3) is 0.714. The van der Waals surface area contributed by atoms with Crippen LogP contribution in [0.3, 0.4) is 0 Å². The molecule has 0 aliphatic heterocycles. The van der Waals surface area contributed by atoms with Gasteiger partial charge >= 0.3 is 0 Å². The van der Waals surface area contributed by atoms with Gasteiger partial charge in [0, 0.05) is 5.41 Å². The average molecular weight is 260 g/mol. The molecular weight excluding hydrogens is 240 g/mol. The maximum absolute atomic E-state index is 13.0. The summed E-state index contributed by atoms with van der Waals surface area (Å²) in [5, 5.41) is 6.50. The highest BCUT2D eigenvalue weighted by atomic mass is 16.1. The predicted molar refractivity (Wildman–Crippen MR) is 72.3 cm³/mol.